The van der Waals surface area contributed by atoms with Crippen LogP contribution in [0.4, 0.5) is 13.2 Å². The first-order valence-electron chi connectivity index (χ1n) is 5.43. The zero-order chi connectivity index (χ0) is 12.2. The molecule has 0 fully saturated rings. The van der Waals surface area contributed by atoms with Crippen LogP contribution >= 0.6 is 0 Å². The van der Waals surface area contributed by atoms with E-state index in [1.807, 2.05) is 30.3 Å². The fraction of sp³-hybridized carbons (Fsp3) is 0.500. The smallest absolute Gasteiger partial charge is 0.171 e. The molecule has 1 rings (SSSR count). The van der Waals surface area contributed by atoms with Gasteiger partial charge in [0.2, 0.25) is 0 Å². The lowest BCUT2D eigenvalue weighted by Crippen LogP contribution is -2.41. The minimum atomic E-state index is -4.01. The van der Waals surface area contributed by atoms with Gasteiger partial charge in [-0.15, -0.1) is 0 Å². The SMILES string of the molecule is C[Si](C)(CCCC(F)(F)F)c1ccccc1. The van der Waals surface area contributed by atoms with Gasteiger partial charge in [-0.05, 0) is 6.42 Å². The van der Waals surface area contributed by atoms with Gasteiger partial charge in [0.05, 0.1) is 8.07 Å². The molecule has 16 heavy (non-hydrogen) atoms. The van der Waals surface area contributed by atoms with Crippen molar-refractivity contribution in [2.24, 2.45) is 0 Å². The van der Waals surface area contributed by atoms with Crippen LogP contribution in [0.3, 0.4) is 0 Å². The van der Waals surface area contributed by atoms with Gasteiger partial charge < -0.3 is 0 Å². The zero-order valence-corrected chi connectivity index (χ0v) is 10.6. The molecule has 0 amide bonds. The molecule has 4 heteroatoms. The van der Waals surface area contributed by atoms with Crippen LogP contribution in [0.25, 0.3) is 0 Å². The quantitative estimate of drug-likeness (QED) is 0.706. The second kappa shape index (κ2) is 5.04. The van der Waals surface area contributed by atoms with E-state index in [2.05, 4.69) is 13.1 Å². The number of hydrogen-bond donors (Lipinski definition) is 0. The first-order valence-corrected chi connectivity index (χ1v) is 8.64. The Kier molecular flexibility index (Phi) is 4.19. The lowest BCUT2D eigenvalue weighted by molar-refractivity contribution is -0.134. The molecular formula is C12H17F3Si. The number of benzene rings is 1. The standard InChI is InChI=1S/C12H17F3Si/c1-16(2,10-6-9-12(13,14)15)11-7-4-3-5-8-11/h3-5,7-8H,6,9-10H2,1-2H3. The van der Waals surface area contributed by atoms with Gasteiger partial charge in [-0.1, -0.05) is 54.7 Å². The molecule has 0 N–H and O–H groups in total. The summed E-state index contributed by atoms with van der Waals surface area (Å²) in [5.41, 5.74) is 0. The highest BCUT2D eigenvalue weighted by Gasteiger charge is 2.29. The fourth-order valence-electron chi connectivity index (χ4n) is 1.76. The van der Waals surface area contributed by atoms with Crippen LogP contribution in [0.2, 0.25) is 19.1 Å². The van der Waals surface area contributed by atoms with Crippen LogP contribution in [-0.4, -0.2) is 14.3 Å². The molecule has 1 aromatic rings. The van der Waals surface area contributed by atoms with Crippen molar-refractivity contribution in [1.29, 1.82) is 0 Å². The number of halogens is 3. The highest BCUT2D eigenvalue weighted by atomic mass is 28.3. The molecule has 0 saturated heterocycles. The molecule has 0 heterocycles. The monoisotopic (exact) mass is 246 g/mol. The minimum absolute atomic E-state index is 0.248. The molecule has 0 aliphatic heterocycles. The Hall–Kier alpha value is -0.773. The molecule has 0 radical (unpaired) electrons. The van der Waals surface area contributed by atoms with E-state index >= 15 is 0 Å². The molecule has 0 nitrogen and oxygen atoms in total. The normalized spacial score (nSPS) is 12.8. The first kappa shape index (κ1) is 13.3. The fourth-order valence-corrected chi connectivity index (χ4v) is 4.21. The molecule has 0 aliphatic carbocycles. The average Bonchev–Trinajstić information content (AvgIpc) is 2.17. The van der Waals surface area contributed by atoms with Gasteiger partial charge in [0.15, 0.2) is 0 Å². The van der Waals surface area contributed by atoms with Gasteiger partial charge in [-0.2, -0.15) is 13.2 Å². The largest absolute Gasteiger partial charge is 0.389 e. The van der Waals surface area contributed by atoms with Crippen molar-refractivity contribution >= 4 is 13.3 Å². The minimum Gasteiger partial charge on any atom is -0.171 e. The van der Waals surface area contributed by atoms with E-state index in [4.69, 9.17) is 0 Å². The number of rotatable bonds is 4. The van der Waals surface area contributed by atoms with Crippen LogP contribution in [0.5, 0.6) is 0 Å². The van der Waals surface area contributed by atoms with E-state index in [0.29, 0.717) is 6.04 Å². The lowest BCUT2D eigenvalue weighted by atomic mass is 10.3. The molecule has 0 aromatic heterocycles. The van der Waals surface area contributed by atoms with Gasteiger partial charge >= 0.3 is 6.18 Å². The van der Waals surface area contributed by atoms with Crippen molar-refractivity contribution in [3.05, 3.63) is 30.3 Å². The Morgan fingerprint density at radius 1 is 1.06 bits per heavy atom. The maximum atomic E-state index is 12.0. The van der Waals surface area contributed by atoms with E-state index in [1.165, 1.54) is 5.19 Å². The van der Waals surface area contributed by atoms with Gasteiger partial charge in [0.25, 0.3) is 0 Å². The maximum absolute atomic E-state index is 12.0. The summed E-state index contributed by atoms with van der Waals surface area (Å²) in [6.07, 6.45) is -4.42. The molecule has 90 valence electrons. The predicted octanol–water partition coefficient (Wildman–Crippen LogP) is 3.94. The van der Waals surface area contributed by atoms with Crippen molar-refractivity contribution in [3.8, 4) is 0 Å². The van der Waals surface area contributed by atoms with Crippen molar-refractivity contribution in [3.63, 3.8) is 0 Å². The summed E-state index contributed by atoms with van der Waals surface area (Å²) < 4.78 is 36.1. The number of hydrogen-bond acceptors (Lipinski definition) is 0. The lowest BCUT2D eigenvalue weighted by Gasteiger charge is -2.23. The second-order valence-electron chi connectivity index (χ2n) is 4.72. The summed E-state index contributed by atoms with van der Waals surface area (Å²) in [6.45, 7) is 4.25. The van der Waals surface area contributed by atoms with Crippen LogP contribution in [0.15, 0.2) is 30.3 Å². The Labute approximate surface area is 95.5 Å². The molecule has 0 unspecified atom stereocenters. The van der Waals surface area contributed by atoms with E-state index in [-0.39, 0.29) is 6.42 Å². The van der Waals surface area contributed by atoms with Crippen LogP contribution in [0.1, 0.15) is 12.8 Å². The summed E-state index contributed by atoms with van der Waals surface area (Å²) in [5.74, 6) is 0. The predicted molar refractivity (Wildman–Crippen MR) is 63.7 cm³/mol. The molecular weight excluding hydrogens is 229 g/mol. The van der Waals surface area contributed by atoms with Gasteiger partial charge in [0.1, 0.15) is 0 Å². The van der Waals surface area contributed by atoms with Gasteiger partial charge in [0, 0.05) is 6.42 Å². The molecule has 0 bridgehead atoms. The Bertz CT molecular complexity index is 317. The topological polar surface area (TPSA) is 0 Å². The average molecular weight is 246 g/mol. The Morgan fingerprint density at radius 3 is 2.12 bits per heavy atom. The zero-order valence-electron chi connectivity index (χ0n) is 9.64. The molecule has 0 atom stereocenters. The maximum Gasteiger partial charge on any atom is 0.389 e. The Balaban J connectivity index is 2.53. The highest BCUT2D eigenvalue weighted by Crippen LogP contribution is 2.25. The molecule has 0 spiro atoms. The molecule has 1 aromatic carbocycles. The van der Waals surface area contributed by atoms with Crippen molar-refractivity contribution < 1.29 is 13.2 Å². The van der Waals surface area contributed by atoms with E-state index < -0.39 is 20.7 Å². The first-order chi connectivity index (χ1) is 7.31. The number of alkyl halides is 3. The van der Waals surface area contributed by atoms with Gasteiger partial charge in [-0.3, -0.25) is 0 Å². The third-order valence-electron chi connectivity index (χ3n) is 2.82. The van der Waals surface area contributed by atoms with Crippen molar-refractivity contribution in [2.45, 2.75) is 38.2 Å². The summed E-state index contributed by atoms with van der Waals surface area (Å²) in [6, 6.07) is 10.6. The summed E-state index contributed by atoms with van der Waals surface area (Å²) >= 11 is 0. The highest BCUT2D eigenvalue weighted by molar-refractivity contribution is 6.89. The molecule has 0 aliphatic rings. The molecule has 0 saturated carbocycles. The van der Waals surface area contributed by atoms with Crippen LogP contribution in [-0.2, 0) is 0 Å². The van der Waals surface area contributed by atoms with E-state index in [9.17, 15) is 13.2 Å². The van der Waals surface area contributed by atoms with E-state index in [0.717, 1.165) is 0 Å². The summed E-state index contributed by atoms with van der Waals surface area (Å²) in [4.78, 5) is 0. The van der Waals surface area contributed by atoms with Crippen molar-refractivity contribution in [1.82, 2.24) is 0 Å². The van der Waals surface area contributed by atoms with Crippen molar-refractivity contribution in [2.75, 3.05) is 0 Å². The van der Waals surface area contributed by atoms with Gasteiger partial charge in [-0.25, -0.2) is 0 Å². The van der Waals surface area contributed by atoms with Crippen LogP contribution < -0.4 is 5.19 Å². The van der Waals surface area contributed by atoms with E-state index in [1.54, 1.807) is 0 Å². The summed E-state index contributed by atoms with van der Waals surface area (Å²) in [5, 5.41) is 1.23. The third-order valence-corrected chi connectivity index (χ3v) is 6.32. The summed E-state index contributed by atoms with van der Waals surface area (Å²) in [7, 11) is -1.68. The Morgan fingerprint density at radius 2 is 1.62 bits per heavy atom. The third kappa shape index (κ3) is 4.39. The second-order valence-corrected chi connectivity index (χ2v) is 9.56. The van der Waals surface area contributed by atoms with Crippen LogP contribution in [0, 0.1) is 0 Å².